The van der Waals surface area contributed by atoms with Crippen LogP contribution in [-0.4, -0.2) is 67.3 Å². The van der Waals surface area contributed by atoms with Crippen LogP contribution in [0.15, 0.2) is 48.5 Å². The van der Waals surface area contributed by atoms with Crippen LogP contribution in [0.25, 0.3) is 11.1 Å². The molecule has 8 nitrogen and oxygen atoms in total. The molecule has 3 rings (SSSR count). The Hall–Kier alpha value is -3.39. The molecule has 0 bridgehead atoms. The molecule has 1 aliphatic rings. The highest BCUT2D eigenvalue weighted by molar-refractivity contribution is 5.89. The van der Waals surface area contributed by atoms with E-state index in [0.717, 1.165) is 28.7 Å². The molecule has 0 saturated heterocycles. The van der Waals surface area contributed by atoms with Gasteiger partial charge in [-0.2, -0.15) is 0 Å². The first kappa shape index (κ1) is 25.2. The van der Waals surface area contributed by atoms with E-state index in [0.29, 0.717) is 12.8 Å². The number of unbranched alkanes of at least 4 members (excludes halogenated alkanes) is 1. The van der Waals surface area contributed by atoms with Gasteiger partial charge in [0.1, 0.15) is 18.7 Å². The normalized spacial score (nSPS) is 14.1. The van der Waals surface area contributed by atoms with Crippen LogP contribution in [0.4, 0.5) is 4.79 Å². The van der Waals surface area contributed by atoms with Gasteiger partial charge in [0.2, 0.25) is 5.91 Å². The SMILES string of the molecule is CCCC[C@H](NC(=O)C(CN(C)C)NC(=O)OCC1c2ccccc2-c2ccccc21)C(=O)O. The summed E-state index contributed by atoms with van der Waals surface area (Å²) in [7, 11) is 3.54. The molecule has 0 spiro atoms. The van der Waals surface area contributed by atoms with Crippen molar-refractivity contribution in [1.82, 2.24) is 15.5 Å². The number of rotatable bonds is 11. The molecular formula is C26H33N3O5. The lowest BCUT2D eigenvalue weighted by Gasteiger charge is -2.24. The summed E-state index contributed by atoms with van der Waals surface area (Å²) < 4.78 is 5.55. The van der Waals surface area contributed by atoms with Crippen LogP contribution >= 0.6 is 0 Å². The highest BCUT2D eigenvalue weighted by atomic mass is 16.5. The third-order valence-corrected chi connectivity index (χ3v) is 5.96. The summed E-state index contributed by atoms with van der Waals surface area (Å²) >= 11 is 0. The van der Waals surface area contributed by atoms with Crippen molar-refractivity contribution in [2.45, 2.75) is 44.2 Å². The minimum Gasteiger partial charge on any atom is -0.480 e. The third-order valence-electron chi connectivity index (χ3n) is 5.96. The number of carboxylic acids is 1. The lowest BCUT2D eigenvalue weighted by molar-refractivity contribution is -0.142. The molecule has 8 heteroatoms. The zero-order chi connectivity index (χ0) is 24.7. The average Bonchev–Trinajstić information content (AvgIpc) is 3.13. The van der Waals surface area contributed by atoms with Crippen LogP contribution in [0, 0.1) is 0 Å². The number of carboxylic acid groups (broad SMARTS) is 1. The fourth-order valence-electron chi connectivity index (χ4n) is 4.28. The van der Waals surface area contributed by atoms with Gasteiger partial charge in [0.15, 0.2) is 0 Å². The molecule has 0 aliphatic heterocycles. The van der Waals surface area contributed by atoms with Crippen molar-refractivity contribution in [3.8, 4) is 11.1 Å². The lowest BCUT2D eigenvalue weighted by atomic mass is 9.98. The Morgan fingerprint density at radius 1 is 0.971 bits per heavy atom. The van der Waals surface area contributed by atoms with Gasteiger partial charge in [0.05, 0.1) is 0 Å². The molecule has 2 aromatic carbocycles. The van der Waals surface area contributed by atoms with Crippen molar-refractivity contribution in [2.75, 3.05) is 27.2 Å². The van der Waals surface area contributed by atoms with E-state index in [-0.39, 0.29) is 19.1 Å². The summed E-state index contributed by atoms with van der Waals surface area (Å²) in [6.45, 7) is 2.29. The van der Waals surface area contributed by atoms with Crippen LogP contribution < -0.4 is 10.6 Å². The fourth-order valence-corrected chi connectivity index (χ4v) is 4.28. The number of nitrogens with one attached hydrogen (secondary N) is 2. The van der Waals surface area contributed by atoms with Crippen molar-refractivity contribution in [2.24, 2.45) is 0 Å². The average molecular weight is 468 g/mol. The minimum atomic E-state index is -1.09. The van der Waals surface area contributed by atoms with E-state index >= 15 is 0 Å². The number of ether oxygens (including phenoxy) is 1. The van der Waals surface area contributed by atoms with E-state index in [1.165, 1.54) is 0 Å². The second-order valence-electron chi connectivity index (χ2n) is 8.83. The van der Waals surface area contributed by atoms with Crippen molar-refractivity contribution >= 4 is 18.0 Å². The standard InChI is InChI=1S/C26H33N3O5/c1-4-5-14-22(25(31)32)27-24(30)23(15-29(2)3)28-26(33)34-16-21-19-12-8-6-10-17(19)18-11-7-9-13-20(18)21/h6-13,21-23H,4-5,14-16H2,1-3H3,(H,27,30)(H,28,33)(H,31,32)/t22-,23?/m0/s1. The first-order valence-electron chi connectivity index (χ1n) is 11.6. The first-order valence-corrected chi connectivity index (χ1v) is 11.6. The fraction of sp³-hybridized carbons (Fsp3) is 0.423. The Labute approximate surface area is 200 Å². The Morgan fingerprint density at radius 2 is 1.56 bits per heavy atom. The van der Waals surface area contributed by atoms with Crippen molar-refractivity contribution in [1.29, 1.82) is 0 Å². The van der Waals surface area contributed by atoms with E-state index in [1.54, 1.807) is 19.0 Å². The monoisotopic (exact) mass is 467 g/mol. The Kier molecular flexibility index (Phi) is 8.65. The van der Waals surface area contributed by atoms with E-state index in [9.17, 15) is 19.5 Å². The number of hydrogen-bond donors (Lipinski definition) is 3. The second kappa shape index (κ2) is 11.7. The zero-order valence-electron chi connectivity index (χ0n) is 19.9. The number of carbonyl (C=O) groups excluding carboxylic acids is 2. The van der Waals surface area contributed by atoms with Gasteiger partial charge in [-0.3, -0.25) is 4.79 Å². The number of likely N-dealkylation sites (N-methyl/N-ethyl adjacent to an activating group) is 1. The molecular weight excluding hydrogens is 434 g/mol. The number of benzene rings is 2. The van der Waals surface area contributed by atoms with E-state index < -0.39 is 30.1 Å². The minimum absolute atomic E-state index is 0.0929. The Balaban J connectivity index is 1.65. The summed E-state index contributed by atoms with van der Waals surface area (Å²) in [6, 6.07) is 14.1. The zero-order valence-corrected chi connectivity index (χ0v) is 19.9. The molecule has 0 fully saturated rings. The molecule has 1 aliphatic carbocycles. The van der Waals surface area contributed by atoms with Crippen LogP contribution in [0.5, 0.6) is 0 Å². The molecule has 0 radical (unpaired) electrons. The van der Waals surface area contributed by atoms with Gasteiger partial charge in [-0.15, -0.1) is 0 Å². The van der Waals surface area contributed by atoms with Crippen LogP contribution in [0.2, 0.25) is 0 Å². The lowest BCUT2D eigenvalue weighted by Crippen LogP contribution is -2.55. The largest absolute Gasteiger partial charge is 0.480 e. The van der Waals surface area contributed by atoms with Gasteiger partial charge >= 0.3 is 12.1 Å². The molecule has 0 saturated carbocycles. The molecule has 34 heavy (non-hydrogen) atoms. The van der Waals surface area contributed by atoms with Gasteiger partial charge in [0.25, 0.3) is 0 Å². The predicted molar refractivity (Wildman–Crippen MR) is 130 cm³/mol. The van der Waals surface area contributed by atoms with Crippen molar-refractivity contribution < 1.29 is 24.2 Å². The van der Waals surface area contributed by atoms with E-state index in [2.05, 4.69) is 22.8 Å². The number of carbonyl (C=O) groups is 3. The summed E-state index contributed by atoms with van der Waals surface area (Å²) in [5.41, 5.74) is 4.45. The predicted octanol–water partition coefficient (Wildman–Crippen LogP) is 3.21. The summed E-state index contributed by atoms with van der Waals surface area (Å²) in [5, 5.41) is 14.6. The van der Waals surface area contributed by atoms with Crippen molar-refractivity contribution in [3.63, 3.8) is 0 Å². The first-order chi connectivity index (χ1) is 16.3. The topological polar surface area (TPSA) is 108 Å². The number of hydrogen-bond acceptors (Lipinski definition) is 5. The number of nitrogens with zero attached hydrogens (tertiary/aromatic N) is 1. The molecule has 2 aromatic rings. The maximum atomic E-state index is 12.8. The van der Waals surface area contributed by atoms with E-state index in [4.69, 9.17) is 4.74 Å². The van der Waals surface area contributed by atoms with E-state index in [1.807, 2.05) is 43.3 Å². The van der Waals surface area contributed by atoms with Crippen LogP contribution in [-0.2, 0) is 14.3 Å². The summed E-state index contributed by atoms with van der Waals surface area (Å²) in [6.07, 6.45) is 1.11. The van der Waals surface area contributed by atoms with Gasteiger partial charge in [-0.25, -0.2) is 9.59 Å². The highest BCUT2D eigenvalue weighted by Gasteiger charge is 2.30. The summed E-state index contributed by atoms with van der Waals surface area (Å²) in [4.78, 5) is 38.7. The van der Waals surface area contributed by atoms with Crippen LogP contribution in [0.3, 0.4) is 0 Å². The second-order valence-corrected chi connectivity index (χ2v) is 8.83. The number of fused-ring (bicyclic) bond motifs is 3. The number of aliphatic carboxylic acids is 1. The van der Waals surface area contributed by atoms with Gasteiger partial charge in [-0.1, -0.05) is 68.3 Å². The maximum Gasteiger partial charge on any atom is 0.407 e. The molecule has 0 aromatic heterocycles. The van der Waals surface area contributed by atoms with Crippen LogP contribution in [0.1, 0.15) is 43.2 Å². The number of amides is 2. The molecule has 0 heterocycles. The summed E-state index contributed by atoms with van der Waals surface area (Å²) in [5.74, 6) is -1.73. The highest BCUT2D eigenvalue weighted by Crippen LogP contribution is 2.44. The van der Waals surface area contributed by atoms with Gasteiger partial charge in [0, 0.05) is 12.5 Å². The Morgan fingerprint density at radius 3 is 2.09 bits per heavy atom. The van der Waals surface area contributed by atoms with Gasteiger partial charge < -0.3 is 25.4 Å². The third kappa shape index (κ3) is 6.14. The molecule has 2 amide bonds. The maximum absolute atomic E-state index is 12.8. The smallest absolute Gasteiger partial charge is 0.407 e. The molecule has 2 atom stereocenters. The molecule has 182 valence electrons. The Bertz CT molecular complexity index is 978. The van der Waals surface area contributed by atoms with Crippen molar-refractivity contribution in [3.05, 3.63) is 59.7 Å². The quantitative estimate of drug-likeness (QED) is 0.468. The number of alkyl carbamates (subject to hydrolysis) is 1. The molecule has 1 unspecified atom stereocenters. The molecule has 3 N–H and O–H groups in total. The van der Waals surface area contributed by atoms with Gasteiger partial charge in [-0.05, 0) is 42.8 Å².